The van der Waals surface area contributed by atoms with Gasteiger partial charge in [-0.1, -0.05) is 36.4 Å². The third-order valence-electron chi connectivity index (χ3n) is 3.92. The molecule has 1 saturated carbocycles. The first kappa shape index (κ1) is 12.3. The molecular formula is C16H14F2O. The van der Waals surface area contributed by atoms with Crippen molar-refractivity contribution < 1.29 is 13.9 Å². The molecule has 1 unspecified atom stereocenters. The Hall–Kier alpha value is -1.74. The highest BCUT2D eigenvalue weighted by Gasteiger charge is 2.50. The second-order valence-corrected chi connectivity index (χ2v) is 5.10. The molecule has 1 aliphatic rings. The van der Waals surface area contributed by atoms with Crippen LogP contribution in [0.1, 0.15) is 30.1 Å². The third-order valence-corrected chi connectivity index (χ3v) is 3.92. The van der Waals surface area contributed by atoms with E-state index in [9.17, 15) is 13.9 Å². The Bertz CT molecular complexity index is 591. The van der Waals surface area contributed by atoms with Gasteiger partial charge in [0.15, 0.2) is 11.6 Å². The van der Waals surface area contributed by atoms with Crippen LogP contribution in [-0.2, 0) is 5.41 Å². The van der Waals surface area contributed by atoms with Gasteiger partial charge in [0.1, 0.15) is 0 Å². The number of rotatable bonds is 3. The lowest BCUT2D eigenvalue weighted by Crippen LogP contribution is -2.18. The molecule has 0 bridgehead atoms. The Morgan fingerprint density at radius 2 is 1.63 bits per heavy atom. The first-order valence-corrected chi connectivity index (χ1v) is 6.32. The summed E-state index contributed by atoms with van der Waals surface area (Å²) >= 11 is 0. The highest BCUT2D eigenvalue weighted by Crippen LogP contribution is 2.56. The Morgan fingerprint density at radius 1 is 0.947 bits per heavy atom. The molecule has 1 N–H and O–H groups in total. The highest BCUT2D eigenvalue weighted by atomic mass is 19.2. The van der Waals surface area contributed by atoms with Gasteiger partial charge in [-0.15, -0.1) is 0 Å². The van der Waals surface area contributed by atoms with Crippen LogP contribution in [0.4, 0.5) is 8.78 Å². The van der Waals surface area contributed by atoms with E-state index in [1.807, 2.05) is 30.3 Å². The molecule has 98 valence electrons. The van der Waals surface area contributed by atoms with Gasteiger partial charge in [-0.2, -0.15) is 0 Å². The average molecular weight is 260 g/mol. The summed E-state index contributed by atoms with van der Waals surface area (Å²) < 4.78 is 26.2. The van der Waals surface area contributed by atoms with Crippen molar-refractivity contribution in [2.75, 3.05) is 0 Å². The number of halogens is 2. The summed E-state index contributed by atoms with van der Waals surface area (Å²) in [6.45, 7) is 0. The van der Waals surface area contributed by atoms with Crippen LogP contribution < -0.4 is 0 Å². The maximum atomic E-state index is 13.3. The summed E-state index contributed by atoms with van der Waals surface area (Å²) in [4.78, 5) is 0. The van der Waals surface area contributed by atoms with Crippen molar-refractivity contribution in [3.63, 3.8) is 0 Å². The lowest BCUT2D eigenvalue weighted by Gasteiger charge is -2.23. The zero-order valence-electron chi connectivity index (χ0n) is 10.3. The second-order valence-electron chi connectivity index (χ2n) is 5.10. The fraction of sp³-hybridized carbons (Fsp3) is 0.250. The van der Waals surface area contributed by atoms with Gasteiger partial charge >= 0.3 is 0 Å². The van der Waals surface area contributed by atoms with Crippen LogP contribution in [0.25, 0.3) is 0 Å². The van der Waals surface area contributed by atoms with Gasteiger partial charge in [-0.25, -0.2) is 8.78 Å². The van der Waals surface area contributed by atoms with E-state index in [0.717, 1.165) is 30.5 Å². The molecule has 1 fully saturated rings. The standard InChI is InChI=1S/C16H14F2O/c17-13-7-6-11(10-14(13)18)15(19)16(8-9-16)12-4-2-1-3-5-12/h1-7,10,15,19H,8-9H2. The van der Waals surface area contributed by atoms with Crippen molar-refractivity contribution >= 4 is 0 Å². The molecule has 0 aliphatic heterocycles. The molecule has 0 spiro atoms. The molecule has 1 aliphatic carbocycles. The Morgan fingerprint density at radius 3 is 2.21 bits per heavy atom. The van der Waals surface area contributed by atoms with Gasteiger partial charge < -0.3 is 5.11 Å². The van der Waals surface area contributed by atoms with Crippen molar-refractivity contribution in [1.29, 1.82) is 0 Å². The predicted octanol–water partition coefficient (Wildman–Crippen LogP) is 3.73. The molecule has 0 saturated heterocycles. The van der Waals surface area contributed by atoms with Crippen LogP contribution in [0, 0.1) is 11.6 Å². The van der Waals surface area contributed by atoms with Crippen LogP contribution in [0.15, 0.2) is 48.5 Å². The number of aliphatic hydroxyl groups is 1. The van der Waals surface area contributed by atoms with Crippen molar-refractivity contribution in [1.82, 2.24) is 0 Å². The Balaban J connectivity index is 1.96. The summed E-state index contributed by atoms with van der Waals surface area (Å²) in [6, 6.07) is 13.3. The first-order chi connectivity index (χ1) is 9.13. The summed E-state index contributed by atoms with van der Waals surface area (Å²) in [5.41, 5.74) is 1.14. The minimum absolute atomic E-state index is 0.342. The average Bonchev–Trinajstić information content (AvgIpc) is 3.24. The summed E-state index contributed by atoms with van der Waals surface area (Å²) in [5.74, 6) is -1.80. The van der Waals surface area contributed by atoms with E-state index in [1.54, 1.807) is 0 Å². The minimum Gasteiger partial charge on any atom is -0.387 e. The van der Waals surface area contributed by atoms with E-state index < -0.39 is 17.7 Å². The summed E-state index contributed by atoms with van der Waals surface area (Å²) in [5, 5.41) is 10.5. The molecule has 0 aromatic heterocycles. The normalized spacial score (nSPS) is 18.1. The van der Waals surface area contributed by atoms with Crippen molar-refractivity contribution in [3.8, 4) is 0 Å². The maximum absolute atomic E-state index is 13.3. The van der Waals surface area contributed by atoms with Crippen LogP contribution in [0.2, 0.25) is 0 Å². The van der Waals surface area contributed by atoms with E-state index >= 15 is 0 Å². The van der Waals surface area contributed by atoms with Gasteiger partial charge in [-0.05, 0) is 36.1 Å². The molecule has 1 nitrogen and oxygen atoms in total. The number of hydrogen-bond acceptors (Lipinski definition) is 1. The largest absolute Gasteiger partial charge is 0.387 e. The Kier molecular flexibility index (Phi) is 2.86. The van der Waals surface area contributed by atoms with Gasteiger partial charge in [0.05, 0.1) is 6.10 Å². The van der Waals surface area contributed by atoms with E-state index in [-0.39, 0.29) is 5.41 Å². The van der Waals surface area contributed by atoms with E-state index in [2.05, 4.69) is 0 Å². The lowest BCUT2D eigenvalue weighted by molar-refractivity contribution is 0.132. The monoisotopic (exact) mass is 260 g/mol. The third kappa shape index (κ3) is 2.04. The molecule has 19 heavy (non-hydrogen) atoms. The molecule has 1 atom stereocenters. The van der Waals surface area contributed by atoms with Crippen molar-refractivity contribution in [2.45, 2.75) is 24.4 Å². The molecule has 0 heterocycles. The van der Waals surface area contributed by atoms with E-state index in [1.165, 1.54) is 6.07 Å². The van der Waals surface area contributed by atoms with Crippen molar-refractivity contribution in [2.24, 2.45) is 0 Å². The second kappa shape index (κ2) is 4.42. The molecule has 3 rings (SSSR count). The molecule has 0 amide bonds. The smallest absolute Gasteiger partial charge is 0.159 e. The van der Waals surface area contributed by atoms with Gasteiger partial charge in [0.2, 0.25) is 0 Å². The summed E-state index contributed by atoms with van der Waals surface area (Å²) in [7, 11) is 0. The fourth-order valence-electron chi connectivity index (χ4n) is 2.63. The SMILES string of the molecule is OC(c1ccc(F)c(F)c1)C1(c2ccccc2)CC1. The van der Waals surface area contributed by atoms with Crippen LogP contribution in [0.3, 0.4) is 0 Å². The number of hydrogen-bond donors (Lipinski definition) is 1. The van der Waals surface area contributed by atoms with E-state index in [0.29, 0.717) is 5.56 Å². The van der Waals surface area contributed by atoms with Gasteiger partial charge in [0, 0.05) is 5.41 Å². The molecule has 2 aromatic carbocycles. The molecular weight excluding hydrogens is 246 g/mol. The van der Waals surface area contributed by atoms with Crippen LogP contribution in [-0.4, -0.2) is 5.11 Å². The van der Waals surface area contributed by atoms with E-state index in [4.69, 9.17) is 0 Å². The topological polar surface area (TPSA) is 20.2 Å². The summed E-state index contributed by atoms with van der Waals surface area (Å²) in [6.07, 6.45) is 0.916. The van der Waals surface area contributed by atoms with Gasteiger partial charge in [-0.3, -0.25) is 0 Å². The van der Waals surface area contributed by atoms with Gasteiger partial charge in [0.25, 0.3) is 0 Å². The molecule has 3 heteroatoms. The zero-order valence-corrected chi connectivity index (χ0v) is 10.3. The zero-order chi connectivity index (χ0) is 13.5. The van der Waals surface area contributed by atoms with Crippen molar-refractivity contribution in [3.05, 3.63) is 71.3 Å². The lowest BCUT2D eigenvalue weighted by atomic mass is 9.86. The molecule has 2 aromatic rings. The number of benzene rings is 2. The molecule has 0 radical (unpaired) electrons. The number of aliphatic hydroxyl groups excluding tert-OH is 1. The maximum Gasteiger partial charge on any atom is 0.159 e. The van der Waals surface area contributed by atoms with Crippen LogP contribution >= 0.6 is 0 Å². The minimum atomic E-state index is -0.916. The highest BCUT2D eigenvalue weighted by molar-refractivity contribution is 5.37. The first-order valence-electron chi connectivity index (χ1n) is 6.32. The fourth-order valence-corrected chi connectivity index (χ4v) is 2.63. The predicted molar refractivity (Wildman–Crippen MR) is 68.7 cm³/mol. The Labute approximate surface area is 110 Å². The van der Waals surface area contributed by atoms with Crippen LogP contribution in [0.5, 0.6) is 0 Å². The quantitative estimate of drug-likeness (QED) is 0.891.